The minimum Gasteiger partial charge on any atom is -0.449 e. The Bertz CT molecular complexity index is 50.3. The summed E-state index contributed by atoms with van der Waals surface area (Å²) in [6, 6.07) is 1.22. The largest absolute Gasteiger partial charge is 0.449 e. The molecule has 2 N–H and O–H groups in total. The van der Waals surface area contributed by atoms with Crippen LogP contribution in [0.3, 0.4) is 0 Å². The summed E-state index contributed by atoms with van der Waals surface area (Å²) < 4.78 is 10.3. The van der Waals surface area contributed by atoms with Gasteiger partial charge in [-0.25, -0.2) is 0 Å². The summed E-state index contributed by atoms with van der Waals surface area (Å²) in [7, 11) is 0.0872. The van der Waals surface area contributed by atoms with Crippen molar-refractivity contribution in [3.63, 3.8) is 0 Å². The molecule has 56 valence electrons. The monoisotopic (exact) mass is 181 g/mol. The van der Waals surface area contributed by atoms with Crippen LogP contribution in [0.15, 0.2) is 0 Å². The van der Waals surface area contributed by atoms with E-state index in [9.17, 15) is 0 Å². The third kappa shape index (κ3) is 8.53. The maximum Gasteiger partial charge on any atom is 0.282 e. The Balaban J connectivity index is 2.60. The highest BCUT2D eigenvalue weighted by molar-refractivity contribution is 6.41. The molecule has 0 atom stereocenters. The van der Waals surface area contributed by atoms with E-state index >= 15 is 0 Å². The topological polar surface area (TPSA) is 44.5 Å². The summed E-state index contributed by atoms with van der Waals surface area (Å²) in [5.41, 5.74) is 5.30. The van der Waals surface area contributed by atoms with Crippen molar-refractivity contribution < 1.29 is 8.23 Å². The molecule has 0 saturated heterocycles. The zero-order valence-electron chi connectivity index (χ0n) is 5.93. The van der Waals surface area contributed by atoms with Crippen LogP contribution in [0.2, 0.25) is 6.04 Å². The van der Waals surface area contributed by atoms with Gasteiger partial charge in [0.25, 0.3) is 10.0 Å². The van der Waals surface area contributed by atoms with E-state index in [-0.39, 0.29) is 9.76 Å². The Hall–Kier alpha value is 0.531. The minimum atomic E-state index is -0.524. The second-order valence-corrected chi connectivity index (χ2v) is 7.10. The third-order valence-corrected chi connectivity index (χ3v) is 4.50. The van der Waals surface area contributed by atoms with Crippen molar-refractivity contribution in [3.05, 3.63) is 0 Å². The van der Waals surface area contributed by atoms with E-state index in [2.05, 4.69) is 0 Å². The van der Waals surface area contributed by atoms with Crippen LogP contribution in [0.1, 0.15) is 6.42 Å². The fraction of sp³-hybridized carbons (Fsp3) is 1.00. The van der Waals surface area contributed by atoms with Gasteiger partial charge < -0.3 is 14.0 Å². The molecule has 0 fully saturated rings. The molecule has 0 unspecified atom stereocenters. The lowest BCUT2D eigenvalue weighted by Crippen LogP contribution is -2.08. The Kier molecular flexibility index (Phi) is 9.03. The normalized spacial score (nSPS) is 13.0. The highest BCUT2D eigenvalue weighted by Crippen LogP contribution is 1.84. The first-order valence-electron chi connectivity index (χ1n) is 3.18. The molecular formula is C3H15NO2Si3. The van der Waals surface area contributed by atoms with Gasteiger partial charge in [-0.15, -0.1) is 0 Å². The van der Waals surface area contributed by atoms with Gasteiger partial charge in [-0.3, -0.25) is 0 Å². The lowest BCUT2D eigenvalue weighted by atomic mass is 10.5. The van der Waals surface area contributed by atoms with Gasteiger partial charge in [0.1, 0.15) is 20.2 Å². The van der Waals surface area contributed by atoms with Gasteiger partial charge in [0.15, 0.2) is 0 Å². The van der Waals surface area contributed by atoms with Gasteiger partial charge in [0.05, 0.1) is 0 Å². The van der Waals surface area contributed by atoms with E-state index < -0.39 is 10.0 Å². The maximum atomic E-state index is 5.32. The van der Waals surface area contributed by atoms with Crippen molar-refractivity contribution in [1.29, 1.82) is 0 Å². The van der Waals surface area contributed by atoms with Crippen LogP contribution in [-0.2, 0) is 8.23 Å². The molecule has 0 saturated carbocycles. The van der Waals surface area contributed by atoms with E-state index in [1.807, 2.05) is 0 Å². The average Bonchev–Trinajstić information content (AvgIpc) is 1.89. The van der Waals surface area contributed by atoms with Crippen molar-refractivity contribution >= 4 is 30.3 Å². The first kappa shape index (κ1) is 9.53. The molecule has 0 heterocycles. The summed E-state index contributed by atoms with van der Waals surface area (Å²) >= 11 is 0. The van der Waals surface area contributed by atoms with Crippen LogP contribution in [0.5, 0.6) is 0 Å². The molecule has 0 rings (SSSR count). The van der Waals surface area contributed by atoms with Gasteiger partial charge >= 0.3 is 0 Å². The predicted octanol–water partition coefficient (Wildman–Crippen LogP) is -2.85. The molecule has 0 aliphatic rings. The molecule has 0 spiro atoms. The highest BCUT2D eigenvalue weighted by Gasteiger charge is 1.86. The number of nitrogens with two attached hydrogens (primary N) is 1. The number of hydrogen-bond donors (Lipinski definition) is 1. The van der Waals surface area contributed by atoms with Crippen LogP contribution < -0.4 is 5.73 Å². The van der Waals surface area contributed by atoms with Crippen molar-refractivity contribution in [3.8, 4) is 0 Å². The fourth-order valence-electron chi connectivity index (χ4n) is 0.491. The lowest BCUT2D eigenvalue weighted by Gasteiger charge is -1.99. The summed E-state index contributed by atoms with van der Waals surface area (Å²) in [6.45, 7) is 0.805. The number of hydrogen-bond acceptors (Lipinski definition) is 3. The van der Waals surface area contributed by atoms with Crippen molar-refractivity contribution in [2.45, 2.75) is 12.5 Å². The van der Waals surface area contributed by atoms with Gasteiger partial charge in [-0.2, -0.15) is 0 Å². The summed E-state index contributed by atoms with van der Waals surface area (Å²) in [6.07, 6.45) is 1.13. The van der Waals surface area contributed by atoms with Crippen molar-refractivity contribution in [2.24, 2.45) is 5.73 Å². The second kappa shape index (κ2) is 8.53. The molecule has 0 aromatic carbocycles. The quantitative estimate of drug-likeness (QED) is 0.354. The van der Waals surface area contributed by atoms with Crippen molar-refractivity contribution in [1.82, 2.24) is 0 Å². The molecule has 0 aromatic heterocycles. The molecule has 0 radical (unpaired) electrons. The summed E-state index contributed by atoms with van der Waals surface area (Å²) in [4.78, 5) is 0. The molecule has 0 aliphatic carbocycles. The Morgan fingerprint density at radius 2 is 2.33 bits per heavy atom. The van der Waals surface area contributed by atoms with Crippen LogP contribution in [-0.4, -0.2) is 36.8 Å². The smallest absolute Gasteiger partial charge is 0.282 e. The van der Waals surface area contributed by atoms with E-state index in [0.717, 1.165) is 23.5 Å². The molecule has 0 bridgehead atoms. The van der Waals surface area contributed by atoms with E-state index in [1.54, 1.807) is 0 Å². The van der Waals surface area contributed by atoms with Gasteiger partial charge in [-0.05, 0) is 19.0 Å². The van der Waals surface area contributed by atoms with Crippen LogP contribution in [0, 0.1) is 0 Å². The van der Waals surface area contributed by atoms with Gasteiger partial charge in [0, 0.05) is 0 Å². The fourth-order valence-corrected chi connectivity index (χ4v) is 4.44. The van der Waals surface area contributed by atoms with Gasteiger partial charge in [0.2, 0.25) is 0 Å². The van der Waals surface area contributed by atoms with Crippen LogP contribution >= 0.6 is 0 Å². The second-order valence-electron chi connectivity index (χ2n) is 1.81. The molecule has 6 heteroatoms. The number of rotatable bonds is 6. The zero-order chi connectivity index (χ0) is 6.95. The lowest BCUT2D eigenvalue weighted by molar-refractivity contribution is 0.500. The molecule has 9 heavy (non-hydrogen) atoms. The Morgan fingerprint density at radius 1 is 1.56 bits per heavy atom. The molecule has 3 nitrogen and oxygen atoms in total. The summed E-state index contributed by atoms with van der Waals surface area (Å²) in [5, 5.41) is 0. The molecule has 0 aliphatic heterocycles. The average molecular weight is 181 g/mol. The van der Waals surface area contributed by atoms with Crippen molar-refractivity contribution in [2.75, 3.05) is 6.54 Å². The summed E-state index contributed by atoms with van der Waals surface area (Å²) in [5.74, 6) is 0. The minimum absolute atomic E-state index is 0.232. The SMILES string of the molecule is NCCC[SiH2]O[SiH2]O[SiH3]. The molecule has 0 aromatic rings. The first-order chi connectivity index (χ1) is 4.41. The molecule has 0 amide bonds. The van der Waals surface area contributed by atoms with Crippen LogP contribution in [0.4, 0.5) is 0 Å². The first-order valence-corrected chi connectivity index (χ1v) is 6.73. The molecular weight excluding hydrogens is 166 g/mol. The van der Waals surface area contributed by atoms with E-state index in [1.165, 1.54) is 6.04 Å². The highest BCUT2D eigenvalue weighted by atomic mass is 28.3. The zero-order valence-corrected chi connectivity index (χ0v) is 10.8. The predicted molar refractivity (Wildman–Crippen MR) is 47.7 cm³/mol. The Morgan fingerprint density at radius 3 is 2.89 bits per heavy atom. The van der Waals surface area contributed by atoms with E-state index in [0.29, 0.717) is 0 Å². The standard InChI is InChI=1S/C3H15NO2Si3/c4-2-1-3-8-6-9-5-7/h1-4,8-9H2,7H3. The van der Waals surface area contributed by atoms with Gasteiger partial charge in [-0.1, -0.05) is 0 Å². The van der Waals surface area contributed by atoms with Crippen LogP contribution in [0.25, 0.3) is 0 Å². The maximum absolute atomic E-state index is 5.32. The Labute approximate surface area is 63.8 Å². The van der Waals surface area contributed by atoms with E-state index in [4.69, 9.17) is 14.0 Å². The third-order valence-electron chi connectivity index (χ3n) is 0.944.